The zero-order chi connectivity index (χ0) is 12.7. The maximum Gasteiger partial charge on any atom is 0.0846 e. The van der Waals surface area contributed by atoms with Gasteiger partial charge in [0, 0.05) is 5.92 Å². The fourth-order valence-electron chi connectivity index (χ4n) is 2.98. The number of aliphatic hydroxyl groups is 1. The largest absolute Gasteiger partial charge is 0.388 e. The molecule has 0 bridgehead atoms. The normalized spacial score (nSPS) is 27.9. The highest BCUT2D eigenvalue weighted by atomic mass is 16.5. The molecule has 94 valence electrons. The maximum atomic E-state index is 10.5. The van der Waals surface area contributed by atoms with Crippen molar-refractivity contribution >= 4 is 0 Å². The van der Waals surface area contributed by atoms with Crippen LogP contribution in [0, 0.1) is 5.92 Å². The standard InChI is InChI=1S/C15H22O2/c1-14(2)10-12(15(3,4)17-14)13(16)11-8-6-5-7-9-11/h5-9,12-13,16H,10H2,1-4H3. The predicted octanol–water partition coefficient (Wildman–Crippen LogP) is 3.31. The second-order valence-corrected chi connectivity index (χ2v) is 6.13. The van der Waals surface area contributed by atoms with E-state index in [-0.39, 0.29) is 17.1 Å². The van der Waals surface area contributed by atoms with Crippen molar-refractivity contribution in [3.8, 4) is 0 Å². The van der Waals surface area contributed by atoms with Gasteiger partial charge in [-0.25, -0.2) is 0 Å². The summed E-state index contributed by atoms with van der Waals surface area (Å²) in [6.45, 7) is 8.32. The molecule has 0 aromatic heterocycles. The van der Waals surface area contributed by atoms with Crippen LogP contribution in [0.15, 0.2) is 30.3 Å². The molecule has 0 spiro atoms. The molecule has 2 unspecified atom stereocenters. The molecule has 1 heterocycles. The van der Waals surface area contributed by atoms with Crippen molar-refractivity contribution in [2.45, 2.75) is 51.4 Å². The zero-order valence-corrected chi connectivity index (χ0v) is 11.1. The van der Waals surface area contributed by atoms with Gasteiger partial charge in [0.05, 0.1) is 17.3 Å². The van der Waals surface area contributed by atoms with Crippen molar-refractivity contribution in [2.75, 3.05) is 0 Å². The fraction of sp³-hybridized carbons (Fsp3) is 0.600. The Morgan fingerprint density at radius 2 is 1.76 bits per heavy atom. The molecular weight excluding hydrogens is 212 g/mol. The van der Waals surface area contributed by atoms with Gasteiger partial charge < -0.3 is 9.84 Å². The van der Waals surface area contributed by atoms with E-state index < -0.39 is 6.10 Å². The van der Waals surface area contributed by atoms with Crippen molar-refractivity contribution in [1.29, 1.82) is 0 Å². The average molecular weight is 234 g/mol. The van der Waals surface area contributed by atoms with Crippen LogP contribution >= 0.6 is 0 Å². The lowest BCUT2D eigenvalue weighted by Gasteiger charge is -2.30. The van der Waals surface area contributed by atoms with E-state index in [0.717, 1.165) is 12.0 Å². The first-order valence-electron chi connectivity index (χ1n) is 6.25. The number of hydrogen-bond acceptors (Lipinski definition) is 2. The lowest BCUT2D eigenvalue weighted by Crippen LogP contribution is -2.32. The summed E-state index contributed by atoms with van der Waals surface area (Å²) < 4.78 is 6.03. The Kier molecular flexibility index (Phi) is 3.04. The van der Waals surface area contributed by atoms with Crippen molar-refractivity contribution in [3.05, 3.63) is 35.9 Å². The third kappa shape index (κ3) is 2.53. The van der Waals surface area contributed by atoms with Gasteiger partial charge in [0.15, 0.2) is 0 Å². The van der Waals surface area contributed by atoms with E-state index in [2.05, 4.69) is 27.7 Å². The third-order valence-corrected chi connectivity index (χ3v) is 3.67. The highest BCUT2D eigenvalue weighted by Gasteiger charge is 2.48. The molecular formula is C15H22O2. The summed E-state index contributed by atoms with van der Waals surface area (Å²) in [7, 11) is 0. The Morgan fingerprint density at radius 3 is 2.24 bits per heavy atom. The third-order valence-electron chi connectivity index (χ3n) is 3.67. The van der Waals surface area contributed by atoms with E-state index >= 15 is 0 Å². The number of rotatable bonds is 2. The molecule has 1 aromatic carbocycles. The van der Waals surface area contributed by atoms with Gasteiger partial charge in [0.2, 0.25) is 0 Å². The van der Waals surface area contributed by atoms with Crippen molar-refractivity contribution in [2.24, 2.45) is 5.92 Å². The number of benzene rings is 1. The molecule has 2 heteroatoms. The first-order chi connectivity index (χ1) is 7.82. The van der Waals surface area contributed by atoms with Gasteiger partial charge in [-0.2, -0.15) is 0 Å². The fourth-order valence-corrected chi connectivity index (χ4v) is 2.98. The topological polar surface area (TPSA) is 29.5 Å². The van der Waals surface area contributed by atoms with Gasteiger partial charge in [-0.3, -0.25) is 0 Å². The van der Waals surface area contributed by atoms with E-state index in [0.29, 0.717) is 0 Å². The summed E-state index contributed by atoms with van der Waals surface area (Å²) in [5.74, 6) is 0.139. The summed E-state index contributed by atoms with van der Waals surface area (Å²) in [6.07, 6.45) is 0.434. The van der Waals surface area contributed by atoms with Crippen molar-refractivity contribution in [1.82, 2.24) is 0 Å². The zero-order valence-electron chi connectivity index (χ0n) is 11.1. The lowest BCUT2D eigenvalue weighted by atomic mass is 9.80. The maximum absolute atomic E-state index is 10.5. The van der Waals surface area contributed by atoms with E-state index in [1.54, 1.807) is 0 Å². The Bertz CT molecular complexity index is 381. The van der Waals surface area contributed by atoms with Crippen LogP contribution in [0.4, 0.5) is 0 Å². The molecule has 0 aliphatic carbocycles. The van der Waals surface area contributed by atoms with Crippen LogP contribution in [0.5, 0.6) is 0 Å². The summed E-state index contributed by atoms with van der Waals surface area (Å²) in [5, 5.41) is 10.5. The highest BCUT2D eigenvalue weighted by molar-refractivity contribution is 5.19. The molecule has 1 aliphatic rings. The molecule has 0 radical (unpaired) electrons. The van der Waals surface area contributed by atoms with Crippen molar-refractivity contribution < 1.29 is 9.84 Å². The Balaban J connectivity index is 2.23. The minimum absolute atomic E-state index is 0.139. The molecule has 1 aromatic rings. The molecule has 1 saturated heterocycles. The van der Waals surface area contributed by atoms with Crippen LogP contribution in [0.3, 0.4) is 0 Å². The monoisotopic (exact) mass is 234 g/mol. The quantitative estimate of drug-likeness (QED) is 0.850. The number of hydrogen-bond donors (Lipinski definition) is 1. The van der Waals surface area contributed by atoms with Crippen LogP contribution in [0.2, 0.25) is 0 Å². The van der Waals surface area contributed by atoms with Crippen LogP contribution in [-0.4, -0.2) is 16.3 Å². The summed E-state index contributed by atoms with van der Waals surface area (Å²) in [6, 6.07) is 9.85. The molecule has 0 saturated carbocycles. The summed E-state index contributed by atoms with van der Waals surface area (Å²) in [5.41, 5.74) is 0.551. The minimum Gasteiger partial charge on any atom is -0.388 e. The van der Waals surface area contributed by atoms with Gasteiger partial charge in [-0.15, -0.1) is 0 Å². The summed E-state index contributed by atoms with van der Waals surface area (Å²) in [4.78, 5) is 0. The van der Waals surface area contributed by atoms with Crippen LogP contribution in [-0.2, 0) is 4.74 Å². The van der Waals surface area contributed by atoms with Gasteiger partial charge in [-0.1, -0.05) is 30.3 Å². The molecule has 0 amide bonds. The van der Waals surface area contributed by atoms with E-state index in [4.69, 9.17) is 4.74 Å². The molecule has 1 fully saturated rings. The second kappa shape index (κ2) is 4.11. The van der Waals surface area contributed by atoms with E-state index in [1.807, 2.05) is 30.3 Å². The number of aliphatic hydroxyl groups excluding tert-OH is 1. The first-order valence-corrected chi connectivity index (χ1v) is 6.25. The minimum atomic E-state index is -0.451. The molecule has 1 aliphatic heterocycles. The van der Waals surface area contributed by atoms with E-state index in [1.165, 1.54) is 0 Å². The van der Waals surface area contributed by atoms with Crippen LogP contribution in [0.1, 0.15) is 45.8 Å². The van der Waals surface area contributed by atoms with Gasteiger partial charge in [0.25, 0.3) is 0 Å². The predicted molar refractivity (Wildman–Crippen MR) is 68.8 cm³/mol. The Hall–Kier alpha value is -0.860. The van der Waals surface area contributed by atoms with Gasteiger partial charge in [-0.05, 0) is 39.7 Å². The Morgan fingerprint density at radius 1 is 1.18 bits per heavy atom. The molecule has 1 N–H and O–H groups in total. The van der Waals surface area contributed by atoms with Crippen LogP contribution < -0.4 is 0 Å². The SMILES string of the molecule is CC1(C)CC(C(O)c2ccccc2)C(C)(C)O1. The Labute approximate surface area is 104 Å². The van der Waals surface area contributed by atoms with Crippen LogP contribution in [0.25, 0.3) is 0 Å². The smallest absolute Gasteiger partial charge is 0.0846 e. The highest BCUT2D eigenvalue weighted by Crippen LogP contribution is 2.47. The lowest BCUT2D eigenvalue weighted by molar-refractivity contribution is -0.0880. The molecule has 2 atom stereocenters. The molecule has 2 nitrogen and oxygen atoms in total. The molecule has 2 rings (SSSR count). The summed E-state index contributed by atoms with van der Waals surface area (Å²) >= 11 is 0. The average Bonchev–Trinajstić information content (AvgIpc) is 2.47. The van der Waals surface area contributed by atoms with Gasteiger partial charge in [0.1, 0.15) is 0 Å². The first kappa shape index (κ1) is 12.6. The second-order valence-electron chi connectivity index (χ2n) is 6.13. The molecule has 17 heavy (non-hydrogen) atoms. The van der Waals surface area contributed by atoms with Gasteiger partial charge >= 0.3 is 0 Å². The van der Waals surface area contributed by atoms with E-state index in [9.17, 15) is 5.11 Å². The number of ether oxygens (including phenoxy) is 1. The van der Waals surface area contributed by atoms with Crippen molar-refractivity contribution in [3.63, 3.8) is 0 Å².